The predicted molar refractivity (Wildman–Crippen MR) is 65.3 cm³/mol. The van der Waals surface area contributed by atoms with Gasteiger partial charge in [-0.2, -0.15) is 0 Å². The van der Waals surface area contributed by atoms with Crippen LogP contribution >= 0.6 is 0 Å². The smallest absolute Gasteiger partial charge is 0.259 e. The average molecular weight is 249 g/mol. The maximum absolute atomic E-state index is 12.1. The van der Waals surface area contributed by atoms with E-state index in [-0.39, 0.29) is 16.9 Å². The summed E-state index contributed by atoms with van der Waals surface area (Å²) in [6.07, 6.45) is 2.23. The molecule has 1 fully saturated rings. The van der Waals surface area contributed by atoms with E-state index in [9.17, 15) is 14.4 Å². The molecule has 2 amide bonds. The van der Waals surface area contributed by atoms with Crippen molar-refractivity contribution in [1.82, 2.24) is 14.8 Å². The highest BCUT2D eigenvalue weighted by Crippen LogP contribution is 2.04. The average Bonchev–Trinajstić information content (AvgIpc) is 2.38. The molecule has 0 aromatic carbocycles. The van der Waals surface area contributed by atoms with E-state index < -0.39 is 0 Å². The molecule has 2 heterocycles. The normalized spacial score (nSPS) is 15.6. The first-order valence-corrected chi connectivity index (χ1v) is 5.80. The largest absolute Gasteiger partial charge is 0.364 e. The van der Waals surface area contributed by atoms with Crippen LogP contribution in [0.1, 0.15) is 16.1 Å². The second-order valence-electron chi connectivity index (χ2n) is 4.33. The Bertz CT molecular complexity index is 516. The molecule has 0 spiro atoms. The second-order valence-corrected chi connectivity index (χ2v) is 4.33. The molecule has 1 saturated heterocycles. The summed E-state index contributed by atoms with van der Waals surface area (Å²) < 4.78 is 0. The van der Waals surface area contributed by atoms with Gasteiger partial charge >= 0.3 is 0 Å². The molecule has 1 aliphatic rings. The highest BCUT2D eigenvalue weighted by Gasteiger charge is 2.22. The lowest BCUT2D eigenvalue weighted by atomic mass is 10.2. The van der Waals surface area contributed by atoms with Crippen molar-refractivity contribution < 1.29 is 9.59 Å². The number of amides is 2. The van der Waals surface area contributed by atoms with Gasteiger partial charge in [-0.15, -0.1) is 0 Å². The van der Waals surface area contributed by atoms with Crippen LogP contribution in [0.25, 0.3) is 0 Å². The standard InChI is InChI=1S/C12H15N3O3/c1-9-6-11(17)10(7-13-9)12(18)15-4-2-14(8-16)3-5-15/h6-8H,2-5H2,1H3,(H,13,17). The van der Waals surface area contributed by atoms with Crippen LogP contribution < -0.4 is 5.43 Å². The monoisotopic (exact) mass is 249 g/mol. The first-order chi connectivity index (χ1) is 8.61. The number of piperazine rings is 1. The molecule has 0 radical (unpaired) electrons. The summed E-state index contributed by atoms with van der Waals surface area (Å²) in [6.45, 7) is 3.71. The van der Waals surface area contributed by atoms with Gasteiger partial charge in [0, 0.05) is 44.1 Å². The molecule has 1 aliphatic heterocycles. The van der Waals surface area contributed by atoms with E-state index in [2.05, 4.69) is 4.98 Å². The van der Waals surface area contributed by atoms with E-state index in [4.69, 9.17) is 0 Å². The first kappa shape index (κ1) is 12.3. The van der Waals surface area contributed by atoms with Gasteiger partial charge in [-0.1, -0.05) is 0 Å². The number of nitrogens with one attached hydrogen (secondary N) is 1. The molecule has 6 heteroatoms. The zero-order valence-electron chi connectivity index (χ0n) is 10.2. The molecule has 0 bridgehead atoms. The minimum absolute atomic E-state index is 0.153. The Kier molecular flexibility index (Phi) is 3.45. The van der Waals surface area contributed by atoms with Crippen molar-refractivity contribution in [2.24, 2.45) is 0 Å². The molecule has 1 N–H and O–H groups in total. The van der Waals surface area contributed by atoms with E-state index in [0.717, 1.165) is 12.1 Å². The third-order valence-corrected chi connectivity index (χ3v) is 3.04. The fourth-order valence-electron chi connectivity index (χ4n) is 1.94. The Morgan fingerprint density at radius 1 is 1.33 bits per heavy atom. The number of nitrogens with zero attached hydrogens (tertiary/aromatic N) is 2. The van der Waals surface area contributed by atoms with E-state index in [1.54, 1.807) is 16.7 Å². The second kappa shape index (κ2) is 5.03. The van der Waals surface area contributed by atoms with Gasteiger partial charge < -0.3 is 14.8 Å². The Morgan fingerprint density at radius 2 is 2.00 bits per heavy atom. The van der Waals surface area contributed by atoms with Gasteiger partial charge in [-0.3, -0.25) is 14.4 Å². The molecule has 0 saturated carbocycles. The van der Waals surface area contributed by atoms with Gasteiger partial charge in [0.2, 0.25) is 6.41 Å². The Labute approximate surface area is 104 Å². The molecule has 1 aromatic heterocycles. The summed E-state index contributed by atoms with van der Waals surface area (Å²) in [5.74, 6) is -0.276. The number of rotatable bonds is 2. The topological polar surface area (TPSA) is 73.5 Å². The third kappa shape index (κ3) is 2.42. The minimum Gasteiger partial charge on any atom is -0.364 e. The van der Waals surface area contributed by atoms with Crippen molar-refractivity contribution in [2.75, 3.05) is 26.2 Å². The van der Waals surface area contributed by atoms with Crippen LogP contribution in [0.4, 0.5) is 0 Å². The van der Waals surface area contributed by atoms with E-state index in [1.807, 2.05) is 0 Å². The molecule has 0 aliphatic carbocycles. The summed E-state index contributed by atoms with van der Waals surface area (Å²) in [7, 11) is 0. The van der Waals surface area contributed by atoms with Crippen LogP contribution in [-0.2, 0) is 4.79 Å². The van der Waals surface area contributed by atoms with Gasteiger partial charge in [0.1, 0.15) is 5.56 Å². The number of H-pyrrole nitrogens is 1. The molecule has 2 rings (SSSR count). The summed E-state index contributed by atoms with van der Waals surface area (Å²) in [5.41, 5.74) is 0.608. The highest BCUT2D eigenvalue weighted by atomic mass is 16.2. The van der Waals surface area contributed by atoms with Crippen molar-refractivity contribution in [3.63, 3.8) is 0 Å². The number of aryl methyl sites for hydroxylation is 1. The van der Waals surface area contributed by atoms with Gasteiger partial charge in [0.05, 0.1) is 0 Å². The molecule has 6 nitrogen and oxygen atoms in total. The summed E-state index contributed by atoms with van der Waals surface area (Å²) in [4.78, 5) is 40.5. The van der Waals surface area contributed by atoms with E-state index >= 15 is 0 Å². The summed E-state index contributed by atoms with van der Waals surface area (Å²) >= 11 is 0. The van der Waals surface area contributed by atoms with Crippen LogP contribution in [0.2, 0.25) is 0 Å². The summed E-state index contributed by atoms with van der Waals surface area (Å²) in [5, 5.41) is 0. The molecule has 96 valence electrons. The maximum Gasteiger partial charge on any atom is 0.259 e. The number of aromatic nitrogens is 1. The molecule has 0 atom stereocenters. The SMILES string of the molecule is Cc1cc(=O)c(C(=O)N2CCN(C=O)CC2)c[nH]1. The minimum atomic E-state index is -0.276. The Balaban J connectivity index is 2.12. The van der Waals surface area contributed by atoms with Gasteiger partial charge in [0.15, 0.2) is 5.43 Å². The van der Waals surface area contributed by atoms with Crippen LogP contribution in [0.3, 0.4) is 0 Å². The fourth-order valence-corrected chi connectivity index (χ4v) is 1.94. The number of pyridine rings is 1. The first-order valence-electron chi connectivity index (χ1n) is 5.80. The number of carbonyl (C=O) groups excluding carboxylic acids is 2. The zero-order valence-corrected chi connectivity index (χ0v) is 10.2. The van der Waals surface area contributed by atoms with Crippen molar-refractivity contribution in [2.45, 2.75) is 6.92 Å². The van der Waals surface area contributed by atoms with Crippen molar-refractivity contribution >= 4 is 12.3 Å². The molecule has 18 heavy (non-hydrogen) atoms. The van der Waals surface area contributed by atoms with Crippen LogP contribution in [0.5, 0.6) is 0 Å². The third-order valence-electron chi connectivity index (χ3n) is 3.04. The quantitative estimate of drug-likeness (QED) is 0.725. The molecular weight excluding hydrogens is 234 g/mol. The molecule has 1 aromatic rings. The van der Waals surface area contributed by atoms with Crippen molar-refractivity contribution in [3.8, 4) is 0 Å². The zero-order chi connectivity index (χ0) is 13.1. The van der Waals surface area contributed by atoms with Crippen LogP contribution in [0.15, 0.2) is 17.1 Å². The Hall–Kier alpha value is -2.11. The van der Waals surface area contributed by atoms with Crippen molar-refractivity contribution in [3.05, 3.63) is 33.7 Å². The van der Waals surface area contributed by atoms with Crippen LogP contribution in [0, 0.1) is 6.92 Å². The van der Waals surface area contributed by atoms with Gasteiger partial charge in [-0.25, -0.2) is 0 Å². The summed E-state index contributed by atoms with van der Waals surface area (Å²) in [6, 6.07) is 1.41. The lowest BCUT2D eigenvalue weighted by Crippen LogP contribution is -2.48. The molecule has 0 unspecified atom stereocenters. The number of aromatic amines is 1. The van der Waals surface area contributed by atoms with E-state index in [1.165, 1.54) is 12.3 Å². The number of hydrogen-bond donors (Lipinski definition) is 1. The maximum atomic E-state index is 12.1. The van der Waals surface area contributed by atoms with Gasteiger partial charge in [-0.05, 0) is 6.92 Å². The highest BCUT2D eigenvalue weighted by molar-refractivity contribution is 5.93. The van der Waals surface area contributed by atoms with Crippen molar-refractivity contribution in [1.29, 1.82) is 0 Å². The van der Waals surface area contributed by atoms with Crippen LogP contribution in [-0.4, -0.2) is 53.3 Å². The van der Waals surface area contributed by atoms with E-state index in [0.29, 0.717) is 26.2 Å². The Morgan fingerprint density at radius 3 is 2.56 bits per heavy atom. The van der Waals surface area contributed by atoms with Gasteiger partial charge in [0.25, 0.3) is 5.91 Å². The lowest BCUT2D eigenvalue weighted by molar-refractivity contribution is -0.119. The number of hydrogen-bond acceptors (Lipinski definition) is 3. The number of carbonyl (C=O) groups is 2. The predicted octanol–water partition coefficient (Wildman–Crippen LogP) is -0.402. The lowest BCUT2D eigenvalue weighted by Gasteiger charge is -2.32. The fraction of sp³-hybridized carbons (Fsp3) is 0.417. The molecular formula is C12H15N3O3.